The summed E-state index contributed by atoms with van der Waals surface area (Å²) >= 11 is 0. The van der Waals surface area contributed by atoms with Crippen molar-refractivity contribution in [3.05, 3.63) is 65.2 Å². The van der Waals surface area contributed by atoms with Crippen LogP contribution in [0.3, 0.4) is 0 Å². The Morgan fingerprint density at radius 3 is 2.54 bits per heavy atom. The fraction of sp³-hybridized carbons (Fsp3) is 0.333. The van der Waals surface area contributed by atoms with Crippen molar-refractivity contribution in [3.8, 4) is 0 Å². The van der Waals surface area contributed by atoms with Crippen LogP contribution in [-0.2, 0) is 22.5 Å². The Morgan fingerprint density at radius 2 is 1.81 bits per heavy atom. The highest BCUT2D eigenvalue weighted by Crippen LogP contribution is 2.20. The van der Waals surface area contributed by atoms with Gasteiger partial charge in [0.2, 0.25) is 0 Å². The van der Waals surface area contributed by atoms with Crippen molar-refractivity contribution in [2.24, 2.45) is 0 Å². The summed E-state index contributed by atoms with van der Waals surface area (Å²) in [4.78, 5) is 28.8. The minimum atomic E-state index is -0.809. The van der Waals surface area contributed by atoms with Crippen LogP contribution in [0.4, 0.5) is 5.69 Å². The number of nitrogens with zero attached hydrogens (tertiary/aromatic N) is 2. The molecule has 0 spiro atoms. The molecule has 1 aliphatic heterocycles. The molecule has 5 heteroatoms. The molecule has 0 radical (unpaired) electrons. The van der Waals surface area contributed by atoms with E-state index in [0.717, 1.165) is 17.7 Å². The molecule has 2 aromatic carbocycles. The standard InChI is InChI=1S/C21H24N2O3/c1-15(26-21(25)17-9-6-10-19(13-17)22(2)3)20(24)23-12-11-16-7-4-5-8-18(16)14-23/h4-10,13,15H,11-12,14H2,1-3H3. The third kappa shape index (κ3) is 3.87. The summed E-state index contributed by atoms with van der Waals surface area (Å²) in [5.74, 6) is -0.636. The van der Waals surface area contributed by atoms with Crippen molar-refractivity contribution >= 4 is 17.6 Å². The smallest absolute Gasteiger partial charge is 0.338 e. The Bertz CT molecular complexity index is 816. The highest BCUT2D eigenvalue weighted by atomic mass is 16.5. The van der Waals surface area contributed by atoms with Crippen LogP contribution >= 0.6 is 0 Å². The van der Waals surface area contributed by atoms with Gasteiger partial charge in [0.1, 0.15) is 0 Å². The maximum Gasteiger partial charge on any atom is 0.338 e. The molecule has 1 atom stereocenters. The molecule has 0 saturated heterocycles. The predicted molar refractivity (Wildman–Crippen MR) is 101 cm³/mol. The number of carbonyl (C=O) groups excluding carboxylic acids is 2. The largest absolute Gasteiger partial charge is 0.449 e. The van der Waals surface area contributed by atoms with E-state index in [1.165, 1.54) is 5.56 Å². The molecule has 1 heterocycles. The van der Waals surface area contributed by atoms with Crippen LogP contribution in [0.1, 0.15) is 28.4 Å². The first-order chi connectivity index (χ1) is 12.5. The molecule has 0 fully saturated rings. The van der Waals surface area contributed by atoms with E-state index in [4.69, 9.17) is 4.74 Å². The number of anilines is 1. The lowest BCUT2D eigenvalue weighted by atomic mass is 9.99. The van der Waals surface area contributed by atoms with Crippen LogP contribution in [0.2, 0.25) is 0 Å². The topological polar surface area (TPSA) is 49.9 Å². The number of hydrogen-bond donors (Lipinski definition) is 0. The average Bonchev–Trinajstić information content (AvgIpc) is 2.67. The van der Waals surface area contributed by atoms with Crippen LogP contribution < -0.4 is 4.90 Å². The number of fused-ring (bicyclic) bond motifs is 1. The molecular formula is C21H24N2O3. The van der Waals surface area contributed by atoms with E-state index >= 15 is 0 Å². The first-order valence-electron chi connectivity index (χ1n) is 8.79. The van der Waals surface area contributed by atoms with E-state index in [1.807, 2.05) is 43.3 Å². The summed E-state index contributed by atoms with van der Waals surface area (Å²) in [5.41, 5.74) is 3.79. The molecule has 136 valence electrons. The number of ether oxygens (including phenoxy) is 1. The highest BCUT2D eigenvalue weighted by molar-refractivity contribution is 5.93. The van der Waals surface area contributed by atoms with Gasteiger partial charge in [-0.25, -0.2) is 4.79 Å². The normalized spacial score (nSPS) is 14.3. The summed E-state index contributed by atoms with van der Waals surface area (Å²) < 4.78 is 5.43. The van der Waals surface area contributed by atoms with Crippen LogP contribution in [0.5, 0.6) is 0 Å². The molecule has 0 bridgehead atoms. The first kappa shape index (κ1) is 18.0. The Hall–Kier alpha value is -2.82. The van der Waals surface area contributed by atoms with Gasteiger partial charge in [0, 0.05) is 32.9 Å². The van der Waals surface area contributed by atoms with Gasteiger partial charge in [0.05, 0.1) is 5.56 Å². The highest BCUT2D eigenvalue weighted by Gasteiger charge is 2.27. The fourth-order valence-corrected chi connectivity index (χ4v) is 3.13. The van der Waals surface area contributed by atoms with Crippen molar-refractivity contribution in [2.45, 2.75) is 26.0 Å². The Balaban J connectivity index is 1.64. The second kappa shape index (κ2) is 7.60. The second-order valence-electron chi connectivity index (χ2n) is 6.77. The van der Waals surface area contributed by atoms with Gasteiger partial charge < -0.3 is 14.5 Å². The third-order valence-corrected chi connectivity index (χ3v) is 4.67. The summed E-state index contributed by atoms with van der Waals surface area (Å²) in [6.45, 7) is 2.84. The van der Waals surface area contributed by atoms with Crippen LogP contribution in [0.15, 0.2) is 48.5 Å². The van der Waals surface area contributed by atoms with Crippen molar-refractivity contribution in [1.82, 2.24) is 4.90 Å². The summed E-state index contributed by atoms with van der Waals surface area (Å²) in [7, 11) is 3.82. The number of amides is 1. The number of rotatable bonds is 4. The summed E-state index contributed by atoms with van der Waals surface area (Å²) in [5, 5.41) is 0. The number of benzene rings is 2. The molecule has 1 amide bonds. The summed E-state index contributed by atoms with van der Waals surface area (Å²) in [6, 6.07) is 15.3. The van der Waals surface area contributed by atoms with Gasteiger partial charge in [-0.2, -0.15) is 0 Å². The number of hydrogen-bond acceptors (Lipinski definition) is 4. The van der Waals surface area contributed by atoms with Crippen LogP contribution in [0, 0.1) is 0 Å². The van der Waals surface area contributed by atoms with E-state index in [2.05, 4.69) is 6.07 Å². The number of carbonyl (C=O) groups is 2. The van der Waals surface area contributed by atoms with E-state index < -0.39 is 12.1 Å². The van der Waals surface area contributed by atoms with Crippen molar-refractivity contribution in [3.63, 3.8) is 0 Å². The first-order valence-corrected chi connectivity index (χ1v) is 8.79. The maximum atomic E-state index is 12.7. The van der Waals surface area contributed by atoms with E-state index in [9.17, 15) is 9.59 Å². The lowest BCUT2D eigenvalue weighted by Crippen LogP contribution is -2.42. The number of esters is 1. The Labute approximate surface area is 154 Å². The molecule has 26 heavy (non-hydrogen) atoms. The van der Waals surface area contributed by atoms with Gasteiger partial charge in [0.15, 0.2) is 6.10 Å². The molecule has 0 aliphatic carbocycles. The quantitative estimate of drug-likeness (QED) is 0.794. The van der Waals surface area contributed by atoms with Crippen molar-refractivity contribution in [2.75, 3.05) is 25.5 Å². The Morgan fingerprint density at radius 1 is 1.08 bits per heavy atom. The van der Waals surface area contributed by atoms with Gasteiger partial charge >= 0.3 is 5.97 Å². The Kier molecular flexibility index (Phi) is 5.26. The minimum absolute atomic E-state index is 0.156. The molecule has 0 aromatic heterocycles. The predicted octanol–water partition coefficient (Wildman–Crippen LogP) is 2.88. The van der Waals surface area contributed by atoms with Gasteiger partial charge in [-0.05, 0) is 42.7 Å². The molecule has 0 saturated carbocycles. The maximum absolute atomic E-state index is 12.7. The lowest BCUT2D eigenvalue weighted by Gasteiger charge is -2.30. The molecule has 1 unspecified atom stereocenters. The SMILES string of the molecule is CC(OC(=O)c1cccc(N(C)C)c1)C(=O)N1CCc2ccccc2C1. The van der Waals surface area contributed by atoms with Gasteiger partial charge in [-0.1, -0.05) is 30.3 Å². The van der Waals surface area contributed by atoms with Crippen molar-refractivity contribution < 1.29 is 14.3 Å². The van der Waals surface area contributed by atoms with E-state index in [0.29, 0.717) is 18.7 Å². The van der Waals surface area contributed by atoms with Gasteiger partial charge in [-0.15, -0.1) is 0 Å². The average molecular weight is 352 g/mol. The van der Waals surface area contributed by atoms with Crippen LogP contribution in [0.25, 0.3) is 0 Å². The monoisotopic (exact) mass is 352 g/mol. The van der Waals surface area contributed by atoms with Crippen LogP contribution in [-0.4, -0.2) is 43.5 Å². The fourth-order valence-electron chi connectivity index (χ4n) is 3.13. The third-order valence-electron chi connectivity index (χ3n) is 4.67. The molecule has 1 aliphatic rings. The van der Waals surface area contributed by atoms with E-state index in [1.54, 1.807) is 30.0 Å². The van der Waals surface area contributed by atoms with Gasteiger partial charge in [0.25, 0.3) is 5.91 Å². The zero-order chi connectivity index (χ0) is 18.7. The summed E-state index contributed by atoms with van der Waals surface area (Å²) in [6.07, 6.45) is 0.0174. The van der Waals surface area contributed by atoms with Gasteiger partial charge in [-0.3, -0.25) is 4.79 Å². The zero-order valence-corrected chi connectivity index (χ0v) is 15.4. The van der Waals surface area contributed by atoms with E-state index in [-0.39, 0.29) is 5.91 Å². The minimum Gasteiger partial charge on any atom is -0.449 e. The lowest BCUT2D eigenvalue weighted by molar-refractivity contribution is -0.140. The zero-order valence-electron chi connectivity index (χ0n) is 15.4. The molecule has 5 nitrogen and oxygen atoms in total. The molecule has 0 N–H and O–H groups in total. The molecule has 2 aromatic rings. The van der Waals surface area contributed by atoms with Crippen molar-refractivity contribution in [1.29, 1.82) is 0 Å². The molecule has 3 rings (SSSR count). The second-order valence-corrected chi connectivity index (χ2v) is 6.77. The molecular weight excluding hydrogens is 328 g/mol.